The summed E-state index contributed by atoms with van der Waals surface area (Å²) in [6.45, 7) is 6.81. The number of nitrogens with zero attached hydrogens (tertiary/aromatic N) is 1. The minimum atomic E-state index is -0.280. The van der Waals surface area contributed by atoms with Crippen molar-refractivity contribution in [2.75, 3.05) is 13.2 Å². The topological polar surface area (TPSA) is 69.2 Å². The van der Waals surface area contributed by atoms with Gasteiger partial charge in [0.05, 0.1) is 11.8 Å². The minimum Gasteiger partial charge on any atom is -0.491 e. The number of benzene rings is 2. The summed E-state index contributed by atoms with van der Waals surface area (Å²) < 4.78 is 16.6. The fourth-order valence-electron chi connectivity index (χ4n) is 2.49. The van der Waals surface area contributed by atoms with Gasteiger partial charge in [0, 0.05) is 11.1 Å². The Morgan fingerprint density at radius 2 is 1.69 bits per heavy atom. The molecule has 0 fully saturated rings. The molecule has 0 saturated heterocycles. The van der Waals surface area contributed by atoms with Crippen molar-refractivity contribution in [1.29, 1.82) is 0 Å². The molecule has 0 unspecified atom stereocenters. The molecular formula is C20H22N2O4. The highest BCUT2D eigenvalue weighted by molar-refractivity contribution is 6.01. The third-order valence-electron chi connectivity index (χ3n) is 3.77. The van der Waals surface area contributed by atoms with Crippen molar-refractivity contribution in [1.82, 2.24) is 5.43 Å². The van der Waals surface area contributed by atoms with Gasteiger partial charge < -0.3 is 14.2 Å². The highest BCUT2D eigenvalue weighted by Crippen LogP contribution is 2.30. The fraction of sp³-hybridized carbons (Fsp3) is 0.300. The number of carbonyl (C=O) groups is 1. The second kappa shape index (κ2) is 7.91. The summed E-state index contributed by atoms with van der Waals surface area (Å²) in [4.78, 5) is 12.2. The summed E-state index contributed by atoms with van der Waals surface area (Å²) in [5.41, 5.74) is 4.62. The maximum absolute atomic E-state index is 12.2. The SMILES string of the molecule is C/C(=N/NC(=O)c1ccc(OC(C)C)cc1)c1ccc2c(c1)OCCO2. The van der Waals surface area contributed by atoms with E-state index in [0.717, 1.165) is 17.1 Å². The Bertz CT molecular complexity index is 813. The molecule has 0 radical (unpaired) electrons. The van der Waals surface area contributed by atoms with Gasteiger partial charge in [-0.2, -0.15) is 5.10 Å². The first-order valence-electron chi connectivity index (χ1n) is 8.54. The normalized spacial score (nSPS) is 13.5. The van der Waals surface area contributed by atoms with E-state index in [4.69, 9.17) is 14.2 Å². The van der Waals surface area contributed by atoms with E-state index in [1.165, 1.54) is 0 Å². The molecule has 1 heterocycles. The van der Waals surface area contributed by atoms with Crippen LogP contribution >= 0.6 is 0 Å². The van der Waals surface area contributed by atoms with Crippen LogP contribution in [0.5, 0.6) is 17.2 Å². The molecule has 2 aromatic carbocycles. The van der Waals surface area contributed by atoms with Crippen molar-refractivity contribution in [3.63, 3.8) is 0 Å². The standard InChI is InChI=1S/C20H22N2O4/c1-13(2)26-17-7-4-15(5-8-17)20(23)22-21-14(3)16-6-9-18-19(12-16)25-11-10-24-18/h4-9,12-13H,10-11H2,1-3H3,(H,22,23)/b21-14-. The average molecular weight is 354 g/mol. The Morgan fingerprint density at radius 1 is 1.04 bits per heavy atom. The van der Waals surface area contributed by atoms with Gasteiger partial charge in [-0.1, -0.05) is 0 Å². The lowest BCUT2D eigenvalue weighted by Crippen LogP contribution is -2.19. The molecule has 0 aliphatic carbocycles. The number of rotatable bonds is 5. The van der Waals surface area contributed by atoms with Gasteiger partial charge in [0.1, 0.15) is 19.0 Å². The van der Waals surface area contributed by atoms with Gasteiger partial charge in [0.25, 0.3) is 5.91 Å². The van der Waals surface area contributed by atoms with E-state index in [0.29, 0.717) is 30.2 Å². The Hall–Kier alpha value is -3.02. The lowest BCUT2D eigenvalue weighted by molar-refractivity contribution is 0.0955. The molecule has 6 heteroatoms. The van der Waals surface area contributed by atoms with Gasteiger partial charge in [-0.05, 0) is 63.2 Å². The van der Waals surface area contributed by atoms with E-state index in [9.17, 15) is 4.79 Å². The van der Waals surface area contributed by atoms with Crippen LogP contribution in [-0.4, -0.2) is 30.9 Å². The zero-order chi connectivity index (χ0) is 18.5. The molecule has 0 bridgehead atoms. The summed E-state index contributed by atoms with van der Waals surface area (Å²) >= 11 is 0. The van der Waals surface area contributed by atoms with Crippen molar-refractivity contribution < 1.29 is 19.0 Å². The smallest absolute Gasteiger partial charge is 0.271 e. The molecule has 6 nitrogen and oxygen atoms in total. The zero-order valence-electron chi connectivity index (χ0n) is 15.1. The van der Waals surface area contributed by atoms with Crippen LogP contribution in [0.4, 0.5) is 0 Å². The number of fused-ring (bicyclic) bond motifs is 1. The number of hydrogen-bond donors (Lipinski definition) is 1. The Morgan fingerprint density at radius 3 is 2.38 bits per heavy atom. The summed E-state index contributed by atoms with van der Waals surface area (Å²) in [6.07, 6.45) is 0.0907. The molecule has 3 rings (SSSR count). The Labute approximate surface area is 152 Å². The van der Waals surface area contributed by atoms with E-state index >= 15 is 0 Å². The number of carbonyl (C=O) groups excluding carboxylic acids is 1. The third kappa shape index (κ3) is 4.33. The maximum atomic E-state index is 12.2. The van der Waals surface area contributed by atoms with Crippen LogP contribution in [0.2, 0.25) is 0 Å². The summed E-state index contributed by atoms with van der Waals surface area (Å²) in [7, 11) is 0. The average Bonchev–Trinajstić information content (AvgIpc) is 2.65. The number of hydrogen-bond acceptors (Lipinski definition) is 5. The first-order chi connectivity index (χ1) is 12.5. The maximum Gasteiger partial charge on any atom is 0.271 e. The Kier molecular flexibility index (Phi) is 5.41. The molecule has 0 saturated carbocycles. The van der Waals surface area contributed by atoms with Gasteiger partial charge >= 0.3 is 0 Å². The quantitative estimate of drug-likeness (QED) is 0.660. The van der Waals surface area contributed by atoms with Gasteiger partial charge in [-0.25, -0.2) is 5.43 Å². The Balaban J connectivity index is 1.65. The van der Waals surface area contributed by atoms with Crippen LogP contribution in [0.3, 0.4) is 0 Å². The molecule has 136 valence electrons. The van der Waals surface area contributed by atoms with Gasteiger partial charge in [-0.15, -0.1) is 0 Å². The molecule has 0 spiro atoms. The van der Waals surface area contributed by atoms with Crippen molar-refractivity contribution in [2.24, 2.45) is 5.10 Å². The predicted octanol–water partition coefficient (Wildman–Crippen LogP) is 3.40. The molecular weight excluding hydrogens is 332 g/mol. The largest absolute Gasteiger partial charge is 0.491 e. The van der Waals surface area contributed by atoms with Gasteiger partial charge in [0.15, 0.2) is 11.5 Å². The van der Waals surface area contributed by atoms with Crippen molar-refractivity contribution in [3.8, 4) is 17.2 Å². The molecule has 1 N–H and O–H groups in total. The van der Waals surface area contributed by atoms with Crippen LogP contribution in [-0.2, 0) is 0 Å². The lowest BCUT2D eigenvalue weighted by atomic mass is 10.1. The van der Waals surface area contributed by atoms with E-state index in [2.05, 4.69) is 10.5 Å². The van der Waals surface area contributed by atoms with E-state index in [1.54, 1.807) is 24.3 Å². The van der Waals surface area contributed by atoms with Gasteiger partial charge in [-0.3, -0.25) is 4.79 Å². The number of ether oxygens (including phenoxy) is 3. The summed E-state index contributed by atoms with van der Waals surface area (Å²) in [5, 5.41) is 4.18. The fourth-order valence-corrected chi connectivity index (χ4v) is 2.49. The number of hydrazone groups is 1. The van der Waals surface area contributed by atoms with E-state index < -0.39 is 0 Å². The molecule has 0 atom stereocenters. The van der Waals surface area contributed by atoms with Crippen LogP contribution in [0.1, 0.15) is 36.7 Å². The van der Waals surface area contributed by atoms with Crippen molar-refractivity contribution in [3.05, 3.63) is 53.6 Å². The lowest BCUT2D eigenvalue weighted by Gasteiger charge is -2.18. The van der Waals surface area contributed by atoms with E-state index in [-0.39, 0.29) is 12.0 Å². The zero-order valence-corrected chi connectivity index (χ0v) is 15.1. The first kappa shape index (κ1) is 17.8. The highest BCUT2D eigenvalue weighted by atomic mass is 16.6. The monoisotopic (exact) mass is 354 g/mol. The van der Waals surface area contributed by atoms with Crippen molar-refractivity contribution >= 4 is 11.6 Å². The van der Waals surface area contributed by atoms with Gasteiger partial charge in [0.2, 0.25) is 0 Å². The second-order valence-corrected chi connectivity index (χ2v) is 6.19. The predicted molar refractivity (Wildman–Crippen MR) is 99.3 cm³/mol. The van der Waals surface area contributed by atoms with Crippen LogP contribution < -0.4 is 19.6 Å². The summed E-state index contributed by atoms with van der Waals surface area (Å²) in [5.74, 6) is 1.86. The van der Waals surface area contributed by atoms with Crippen LogP contribution in [0.15, 0.2) is 47.6 Å². The highest BCUT2D eigenvalue weighted by Gasteiger charge is 2.13. The molecule has 1 aliphatic heterocycles. The van der Waals surface area contributed by atoms with Crippen LogP contribution in [0, 0.1) is 0 Å². The molecule has 1 amide bonds. The number of nitrogens with one attached hydrogen (secondary N) is 1. The third-order valence-corrected chi connectivity index (χ3v) is 3.77. The van der Waals surface area contributed by atoms with E-state index in [1.807, 2.05) is 39.0 Å². The molecule has 26 heavy (non-hydrogen) atoms. The minimum absolute atomic E-state index is 0.0907. The van der Waals surface area contributed by atoms with Crippen molar-refractivity contribution in [2.45, 2.75) is 26.9 Å². The number of amides is 1. The molecule has 2 aromatic rings. The second-order valence-electron chi connectivity index (χ2n) is 6.19. The molecule has 0 aromatic heterocycles. The summed E-state index contributed by atoms with van der Waals surface area (Å²) in [6, 6.07) is 12.6. The molecule has 1 aliphatic rings. The first-order valence-corrected chi connectivity index (χ1v) is 8.54. The van der Waals surface area contributed by atoms with Crippen LogP contribution in [0.25, 0.3) is 0 Å².